The molecule has 0 saturated carbocycles. The molecule has 0 fully saturated rings. The van der Waals surface area contributed by atoms with Crippen LogP contribution in [0.2, 0.25) is 0 Å². The molecular weight excluding hydrogens is 220 g/mol. The van der Waals surface area contributed by atoms with Gasteiger partial charge in [-0.05, 0) is 23.1 Å². The van der Waals surface area contributed by atoms with Crippen molar-refractivity contribution in [3.63, 3.8) is 0 Å². The summed E-state index contributed by atoms with van der Waals surface area (Å²) in [4.78, 5) is 20.9. The van der Waals surface area contributed by atoms with E-state index in [2.05, 4.69) is 0 Å². The third-order valence-electron chi connectivity index (χ3n) is 2.40. The van der Waals surface area contributed by atoms with Crippen molar-refractivity contribution in [1.82, 2.24) is 0 Å². The van der Waals surface area contributed by atoms with Crippen molar-refractivity contribution in [1.29, 1.82) is 0 Å². The van der Waals surface area contributed by atoms with Gasteiger partial charge in [0.2, 0.25) is 0 Å². The number of rotatable bonds is 5. The highest BCUT2D eigenvalue weighted by molar-refractivity contribution is 5.85. The minimum absolute atomic E-state index is 0.0509. The second kappa shape index (κ2) is 5.84. The maximum absolute atomic E-state index is 10.6. The van der Waals surface area contributed by atoms with Gasteiger partial charge in [-0.25, -0.2) is 4.79 Å². The van der Waals surface area contributed by atoms with E-state index in [1.54, 1.807) is 12.1 Å². The molecule has 1 rings (SSSR count). The Hall–Kier alpha value is -2.10. The lowest BCUT2D eigenvalue weighted by molar-refractivity contribution is -0.137. The largest absolute Gasteiger partial charge is 0.481 e. The molecule has 2 N–H and O–H groups in total. The smallest absolute Gasteiger partial charge is 0.328 e. The van der Waals surface area contributed by atoms with Gasteiger partial charge >= 0.3 is 11.9 Å². The first-order chi connectivity index (χ1) is 7.99. The lowest BCUT2D eigenvalue weighted by Crippen LogP contribution is -2.02. The molecule has 90 valence electrons. The molecule has 0 saturated heterocycles. The molecule has 0 radical (unpaired) electrons. The Morgan fingerprint density at radius 1 is 1.24 bits per heavy atom. The monoisotopic (exact) mass is 234 g/mol. The van der Waals surface area contributed by atoms with Crippen molar-refractivity contribution in [2.75, 3.05) is 0 Å². The molecule has 0 aliphatic carbocycles. The van der Waals surface area contributed by atoms with E-state index < -0.39 is 11.9 Å². The van der Waals surface area contributed by atoms with E-state index in [0.717, 1.165) is 17.2 Å². The van der Waals surface area contributed by atoms with Crippen LogP contribution < -0.4 is 0 Å². The van der Waals surface area contributed by atoms with Gasteiger partial charge in [0, 0.05) is 6.08 Å². The Bertz CT molecular complexity index is 431. The minimum Gasteiger partial charge on any atom is -0.481 e. The number of aliphatic carboxylic acids is 2. The van der Waals surface area contributed by atoms with Crippen molar-refractivity contribution in [3.8, 4) is 0 Å². The number of carboxylic acids is 2. The number of carboxylic acid groups (broad SMARTS) is 2. The molecule has 1 atom stereocenters. The molecule has 0 aliphatic rings. The topological polar surface area (TPSA) is 74.6 Å². The number of hydrogen-bond acceptors (Lipinski definition) is 2. The van der Waals surface area contributed by atoms with E-state index in [1.165, 1.54) is 6.08 Å². The molecule has 4 nitrogen and oxygen atoms in total. The molecule has 0 spiro atoms. The third kappa shape index (κ3) is 4.51. The summed E-state index contributed by atoms with van der Waals surface area (Å²) in [5.41, 5.74) is 1.71. The Morgan fingerprint density at radius 2 is 1.82 bits per heavy atom. The molecule has 0 bridgehead atoms. The Kier molecular flexibility index (Phi) is 4.46. The van der Waals surface area contributed by atoms with Crippen molar-refractivity contribution in [2.24, 2.45) is 0 Å². The molecule has 4 heteroatoms. The third-order valence-corrected chi connectivity index (χ3v) is 2.40. The molecule has 1 unspecified atom stereocenters. The van der Waals surface area contributed by atoms with Gasteiger partial charge in [-0.15, -0.1) is 0 Å². The second-order valence-corrected chi connectivity index (χ2v) is 3.84. The second-order valence-electron chi connectivity index (χ2n) is 3.84. The zero-order valence-corrected chi connectivity index (χ0v) is 9.46. The molecule has 0 amide bonds. The van der Waals surface area contributed by atoms with Crippen molar-refractivity contribution in [3.05, 3.63) is 41.5 Å². The van der Waals surface area contributed by atoms with Crippen LogP contribution in [0.1, 0.15) is 30.4 Å². The summed E-state index contributed by atoms with van der Waals surface area (Å²) in [7, 11) is 0. The Balaban J connectivity index is 2.74. The van der Waals surface area contributed by atoms with Gasteiger partial charge in [0.05, 0.1) is 6.42 Å². The summed E-state index contributed by atoms with van der Waals surface area (Å²) in [5, 5.41) is 17.1. The van der Waals surface area contributed by atoms with Gasteiger partial charge in [-0.3, -0.25) is 4.79 Å². The van der Waals surface area contributed by atoms with E-state index in [4.69, 9.17) is 10.2 Å². The van der Waals surface area contributed by atoms with E-state index >= 15 is 0 Å². The van der Waals surface area contributed by atoms with Crippen LogP contribution in [0.3, 0.4) is 0 Å². The van der Waals surface area contributed by atoms with Gasteiger partial charge in [-0.2, -0.15) is 0 Å². The van der Waals surface area contributed by atoms with Crippen LogP contribution in [-0.2, 0) is 9.59 Å². The summed E-state index contributed by atoms with van der Waals surface area (Å²) in [6.07, 6.45) is 2.65. The Morgan fingerprint density at radius 3 is 2.29 bits per heavy atom. The highest BCUT2D eigenvalue weighted by Gasteiger charge is 2.09. The van der Waals surface area contributed by atoms with Crippen LogP contribution in [0.4, 0.5) is 0 Å². The average molecular weight is 234 g/mol. The number of carbonyl (C=O) groups is 2. The highest BCUT2D eigenvalue weighted by Crippen LogP contribution is 2.19. The fourth-order valence-corrected chi connectivity index (χ4v) is 1.48. The number of benzene rings is 1. The average Bonchev–Trinajstić information content (AvgIpc) is 2.26. The zero-order chi connectivity index (χ0) is 12.8. The standard InChI is InChI=1S/C13H14O4/c1-9(8-13(16)17)11-5-2-10(3-6-11)4-7-12(14)15/h2-7,9H,8H2,1H3,(H,14,15)(H,16,17)/b7-4+. The first-order valence-corrected chi connectivity index (χ1v) is 5.22. The van der Waals surface area contributed by atoms with Crippen molar-refractivity contribution in [2.45, 2.75) is 19.3 Å². The van der Waals surface area contributed by atoms with Crippen LogP contribution in [0.25, 0.3) is 6.08 Å². The fraction of sp³-hybridized carbons (Fsp3) is 0.231. The molecule has 0 heterocycles. The lowest BCUT2D eigenvalue weighted by atomic mass is 9.97. The summed E-state index contributed by atoms with van der Waals surface area (Å²) in [5.74, 6) is -1.87. The predicted octanol–water partition coefficient (Wildman–Crippen LogP) is 2.36. The first kappa shape index (κ1) is 13.0. The molecule has 0 aromatic heterocycles. The number of hydrogen-bond donors (Lipinski definition) is 2. The van der Waals surface area contributed by atoms with E-state index in [9.17, 15) is 9.59 Å². The van der Waals surface area contributed by atoms with Crippen LogP contribution in [-0.4, -0.2) is 22.2 Å². The van der Waals surface area contributed by atoms with Crippen molar-refractivity contribution < 1.29 is 19.8 Å². The maximum Gasteiger partial charge on any atom is 0.328 e. The van der Waals surface area contributed by atoms with Crippen LogP contribution in [0, 0.1) is 0 Å². The van der Waals surface area contributed by atoms with Gasteiger partial charge in [0.25, 0.3) is 0 Å². The Labute approximate surface area is 99.2 Å². The highest BCUT2D eigenvalue weighted by atomic mass is 16.4. The van der Waals surface area contributed by atoms with Crippen molar-refractivity contribution >= 4 is 18.0 Å². The van der Waals surface area contributed by atoms with Gasteiger partial charge < -0.3 is 10.2 Å². The molecule has 17 heavy (non-hydrogen) atoms. The van der Waals surface area contributed by atoms with Gasteiger partial charge in [0.1, 0.15) is 0 Å². The molecule has 1 aromatic rings. The van der Waals surface area contributed by atoms with E-state index in [1.807, 2.05) is 19.1 Å². The molecule has 0 aliphatic heterocycles. The van der Waals surface area contributed by atoms with E-state index in [-0.39, 0.29) is 12.3 Å². The lowest BCUT2D eigenvalue weighted by Gasteiger charge is -2.08. The van der Waals surface area contributed by atoms with Crippen LogP contribution in [0.5, 0.6) is 0 Å². The quantitative estimate of drug-likeness (QED) is 0.767. The SMILES string of the molecule is CC(CC(=O)O)c1ccc(/C=C/C(=O)O)cc1. The maximum atomic E-state index is 10.6. The van der Waals surface area contributed by atoms with Gasteiger partial charge in [-0.1, -0.05) is 31.2 Å². The summed E-state index contributed by atoms with van der Waals surface area (Å²) in [6.45, 7) is 1.84. The first-order valence-electron chi connectivity index (χ1n) is 5.22. The van der Waals surface area contributed by atoms with Crippen LogP contribution >= 0.6 is 0 Å². The van der Waals surface area contributed by atoms with Gasteiger partial charge in [0.15, 0.2) is 0 Å². The minimum atomic E-state index is -0.992. The normalized spacial score (nSPS) is 12.5. The summed E-state index contributed by atoms with van der Waals surface area (Å²) in [6, 6.07) is 7.17. The summed E-state index contributed by atoms with van der Waals surface area (Å²) >= 11 is 0. The summed E-state index contributed by atoms with van der Waals surface area (Å²) < 4.78 is 0. The zero-order valence-electron chi connectivity index (χ0n) is 9.46. The van der Waals surface area contributed by atoms with E-state index in [0.29, 0.717) is 0 Å². The molecular formula is C13H14O4. The van der Waals surface area contributed by atoms with Crippen LogP contribution in [0.15, 0.2) is 30.3 Å². The fourth-order valence-electron chi connectivity index (χ4n) is 1.48. The predicted molar refractivity (Wildman–Crippen MR) is 63.8 cm³/mol. The molecule has 1 aromatic carbocycles.